The van der Waals surface area contributed by atoms with Crippen molar-refractivity contribution in [3.63, 3.8) is 0 Å². The molecule has 0 saturated heterocycles. The van der Waals surface area contributed by atoms with Crippen LogP contribution in [0.25, 0.3) is 0 Å². The van der Waals surface area contributed by atoms with Gasteiger partial charge in [-0.15, -0.1) is 0 Å². The van der Waals surface area contributed by atoms with Gasteiger partial charge in [-0.05, 0) is 5.92 Å². The van der Waals surface area contributed by atoms with E-state index < -0.39 is 0 Å². The highest BCUT2D eigenvalue weighted by Gasteiger charge is 1.97. The molecule has 0 amide bonds. The van der Waals surface area contributed by atoms with Crippen LogP contribution < -0.4 is 0 Å². The molecule has 0 aliphatic carbocycles. The van der Waals surface area contributed by atoms with Crippen molar-refractivity contribution in [1.82, 2.24) is 5.01 Å². The summed E-state index contributed by atoms with van der Waals surface area (Å²) in [4.78, 5) is 3.83. The number of hydrazone groups is 1. The largest absolute Gasteiger partial charge is 0.277 e. The lowest BCUT2D eigenvalue weighted by Gasteiger charge is -2.13. The van der Waals surface area contributed by atoms with Gasteiger partial charge in [-0.25, -0.2) is 0 Å². The third kappa shape index (κ3) is 4.06. The number of hydrogen-bond donors (Lipinski definition) is 0. The summed E-state index contributed by atoms with van der Waals surface area (Å²) in [7, 11) is 1.72. The van der Waals surface area contributed by atoms with Gasteiger partial charge in [0, 0.05) is 20.3 Å². The summed E-state index contributed by atoms with van der Waals surface area (Å²) in [5.74, 6) is 0.587. The van der Waals surface area contributed by atoms with Gasteiger partial charge in [0.15, 0.2) is 0 Å². The normalized spacial score (nSPS) is 10.8. The van der Waals surface area contributed by atoms with E-state index in [2.05, 4.69) is 30.7 Å². The lowest BCUT2D eigenvalue weighted by atomic mass is 10.2. The molecule has 0 aromatic rings. The molecule has 0 bridgehead atoms. The topological polar surface area (TPSA) is 28.0 Å². The summed E-state index contributed by atoms with van der Waals surface area (Å²) < 4.78 is 0. The molecule has 0 aliphatic heterocycles. The van der Waals surface area contributed by atoms with Crippen molar-refractivity contribution in [2.75, 3.05) is 13.6 Å². The first kappa shape index (κ1) is 9.14. The van der Waals surface area contributed by atoms with E-state index in [4.69, 9.17) is 0 Å². The summed E-state index contributed by atoms with van der Waals surface area (Å²) in [6, 6.07) is 0. The third-order valence-corrected chi connectivity index (χ3v) is 0.983. The molecule has 3 nitrogen and oxygen atoms in total. The molecule has 0 radical (unpaired) electrons. The van der Waals surface area contributed by atoms with Crippen LogP contribution in [0.1, 0.15) is 13.8 Å². The van der Waals surface area contributed by atoms with Crippen LogP contribution in [0.15, 0.2) is 10.1 Å². The number of nitrogens with zero attached hydrogens (tertiary/aromatic N) is 3. The molecule has 0 aromatic carbocycles. The minimum atomic E-state index is 0.587. The van der Waals surface area contributed by atoms with E-state index in [1.54, 1.807) is 18.4 Å². The zero-order valence-corrected chi connectivity index (χ0v) is 6.91. The monoisotopic (exact) mass is 141 g/mol. The second-order valence-corrected chi connectivity index (χ2v) is 2.53. The van der Waals surface area contributed by atoms with Crippen LogP contribution in [0.4, 0.5) is 0 Å². The Morgan fingerprint density at radius 3 is 2.50 bits per heavy atom. The van der Waals surface area contributed by atoms with Gasteiger partial charge in [0.2, 0.25) is 0 Å². The Balaban J connectivity index is 3.71. The molecule has 58 valence electrons. The first-order valence-electron chi connectivity index (χ1n) is 3.36. The van der Waals surface area contributed by atoms with Gasteiger partial charge in [-0.3, -0.25) is 10.0 Å². The molecule has 10 heavy (non-hydrogen) atoms. The Labute approximate surface area is 62.4 Å². The highest BCUT2D eigenvalue weighted by molar-refractivity contribution is 5.54. The van der Waals surface area contributed by atoms with Crippen molar-refractivity contribution >= 4 is 13.1 Å². The van der Waals surface area contributed by atoms with Crippen molar-refractivity contribution in [2.24, 2.45) is 16.0 Å². The maximum absolute atomic E-state index is 3.83. The van der Waals surface area contributed by atoms with E-state index in [1.165, 1.54) is 0 Å². The standard InChI is InChI=1S/C7H15N3/c1-7(2)5-10(9-4)6-8-3/h6-7H,4-5H2,1-3H3. The Kier molecular flexibility index (Phi) is 4.54. The lowest BCUT2D eigenvalue weighted by Crippen LogP contribution is -2.20. The Bertz CT molecular complexity index is 118. The Morgan fingerprint density at radius 1 is 1.60 bits per heavy atom. The van der Waals surface area contributed by atoms with Crippen LogP contribution in [0.5, 0.6) is 0 Å². The molecular weight excluding hydrogens is 126 g/mol. The Hall–Kier alpha value is -0.860. The second-order valence-electron chi connectivity index (χ2n) is 2.53. The average molecular weight is 141 g/mol. The van der Waals surface area contributed by atoms with Gasteiger partial charge in [0.1, 0.15) is 6.34 Å². The SMILES string of the molecule is C=NN(C=NC)CC(C)C. The lowest BCUT2D eigenvalue weighted by molar-refractivity contribution is 0.395. The minimum absolute atomic E-state index is 0.587. The highest BCUT2D eigenvalue weighted by atomic mass is 15.4. The Morgan fingerprint density at radius 2 is 2.20 bits per heavy atom. The molecule has 0 fully saturated rings. The van der Waals surface area contributed by atoms with Crippen LogP contribution in [-0.4, -0.2) is 31.7 Å². The molecular formula is C7H15N3. The summed E-state index contributed by atoms with van der Waals surface area (Å²) in [5, 5.41) is 5.48. The van der Waals surface area contributed by atoms with Gasteiger partial charge in [-0.1, -0.05) is 13.8 Å². The number of rotatable bonds is 4. The van der Waals surface area contributed by atoms with Gasteiger partial charge < -0.3 is 0 Å². The van der Waals surface area contributed by atoms with Crippen molar-refractivity contribution in [1.29, 1.82) is 0 Å². The van der Waals surface area contributed by atoms with Gasteiger partial charge in [0.25, 0.3) is 0 Å². The van der Waals surface area contributed by atoms with E-state index in [-0.39, 0.29) is 0 Å². The van der Waals surface area contributed by atoms with Crippen LogP contribution in [0.3, 0.4) is 0 Å². The molecule has 0 saturated carbocycles. The first-order valence-corrected chi connectivity index (χ1v) is 3.36. The molecule has 0 atom stereocenters. The second kappa shape index (κ2) is 4.97. The molecule has 0 heterocycles. The van der Waals surface area contributed by atoms with Crippen LogP contribution in [-0.2, 0) is 0 Å². The number of hydrogen-bond acceptors (Lipinski definition) is 2. The summed E-state index contributed by atoms with van der Waals surface area (Å²) in [6.07, 6.45) is 1.67. The fourth-order valence-electron chi connectivity index (χ4n) is 0.649. The quantitative estimate of drug-likeness (QED) is 0.328. The predicted molar refractivity (Wildman–Crippen MR) is 45.5 cm³/mol. The van der Waals surface area contributed by atoms with Gasteiger partial charge in [0.05, 0.1) is 0 Å². The summed E-state index contributed by atoms with van der Waals surface area (Å²) in [6.45, 7) is 8.55. The van der Waals surface area contributed by atoms with Crippen molar-refractivity contribution in [3.05, 3.63) is 0 Å². The van der Waals surface area contributed by atoms with Gasteiger partial charge in [-0.2, -0.15) is 5.10 Å². The number of aliphatic imine (C=N–C) groups is 1. The van der Waals surface area contributed by atoms with Crippen molar-refractivity contribution < 1.29 is 0 Å². The first-order chi connectivity index (χ1) is 4.70. The predicted octanol–water partition coefficient (Wildman–Crippen LogP) is 1.22. The minimum Gasteiger partial charge on any atom is -0.277 e. The van der Waals surface area contributed by atoms with E-state index in [0.29, 0.717) is 5.92 Å². The summed E-state index contributed by atoms with van der Waals surface area (Å²) in [5.41, 5.74) is 0. The average Bonchev–Trinajstić information content (AvgIpc) is 1.86. The molecule has 0 N–H and O–H groups in total. The zero-order valence-electron chi connectivity index (χ0n) is 6.91. The highest BCUT2D eigenvalue weighted by Crippen LogP contribution is 1.95. The third-order valence-electron chi connectivity index (χ3n) is 0.983. The van der Waals surface area contributed by atoms with Gasteiger partial charge >= 0.3 is 0 Å². The van der Waals surface area contributed by atoms with Crippen LogP contribution >= 0.6 is 0 Å². The maximum Gasteiger partial charge on any atom is 0.105 e. The molecule has 0 rings (SSSR count). The molecule has 0 unspecified atom stereocenters. The zero-order chi connectivity index (χ0) is 7.98. The molecule has 0 aliphatic rings. The smallest absolute Gasteiger partial charge is 0.105 e. The van der Waals surface area contributed by atoms with Crippen LogP contribution in [0, 0.1) is 5.92 Å². The molecule has 0 spiro atoms. The fourth-order valence-corrected chi connectivity index (χ4v) is 0.649. The fraction of sp³-hybridized carbons (Fsp3) is 0.714. The maximum atomic E-state index is 3.83. The van der Waals surface area contributed by atoms with Crippen LogP contribution in [0.2, 0.25) is 0 Å². The van der Waals surface area contributed by atoms with Crippen molar-refractivity contribution in [3.8, 4) is 0 Å². The van der Waals surface area contributed by atoms with E-state index in [9.17, 15) is 0 Å². The molecule has 0 aromatic heterocycles. The van der Waals surface area contributed by atoms with E-state index in [0.717, 1.165) is 6.54 Å². The molecule has 3 heteroatoms. The summed E-state index contributed by atoms with van der Waals surface area (Å²) >= 11 is 0. The van der Waals surface area contributed by atoms with E-state index >= 15 is 0 Å². The van der Waals surface area contributed by atoms with E-state index in [1.807, 2.05) is 0 Å². The van der Waals surface area contributed by atoms with Crippen molar-refractivity contribution in [2.45, 2.75) is 13.8 Å².